The van der Waals surface area contributed by atoms with Crippen molar-refractivity contribution in [2.75, 3.05) is 54.1 Å². The lowest BCUT2D eigenvalue weighted by molar-refractivity contribution is -0.668. The van der Waals surface area contributed by atoms with E-state index in [0.29, 0.717) is 19.8 Å². The van der Waals surface area contributed by atoms with Gasteiger partial charge >= 0.3 is 0 Å². The molecule has 9 heteroatoms. The van der Waals surface area contributed by atoms with E-state index in [-0.39, 0.29) is 48.1 Å². The number of aliphatic hydroxyl groups excluding tert-OH is 2. The van der Waals surface area contributed by atoms with Gasteiger partial charge in [0.1, 0.15) is 18.4 Å². The third-order valence-electron chi connectivity index (χ3n) is 6.51. The molecule has 5 unspecified atom stereocenters. The molecule has 0 saturated carbocycles. The van der Waals surface area contributed by atoms with Crippen LogP contribution >= 0.6 is 0 Å². The maximum Gasteiger partial charge on any atom is 0.122 e. The number of aliphatic hydroxyl groups is 2. The Labute approximate surface area is 194 Å². The van der Waals surface area contributed by atoms with Crippen LogP contribution in [0.5, 0.6) is 0 Å². The van der Waals surface area contributed by atoms with Gasteiger partial charge in [-0.15, -0.1) is 0 Å². The summed E-state index contributed by atoms with van der Waals surface area (Å²) in [6.07, 6.45) is -0.781. The Morgan fingerprint density at radius 1 is 1.21 bits per heavy atom. The topological polar surface area (TPSA) is 100 Å². The fourth-order valence-electron chi connectivity index (χ4n) is 4.00. The van der Waals surface area contributed by atoms with E-state index in [4.69, 9.17) is 14.2 Å². The highest BCUT2D eigenvalue weighted by molar-refractivity contribution is 4.91. The summed E-state index contributed by atoms with van der Waals surface area (Å²) >= 11 is 0. The molecule has 0 bridgehead atoms. The zero-order chi connectivity index (χ0) is 21.3. The van der Waals surface area contributed by atoms with E-state index in [1.54, 1.807) is 14.2 Å². The summed E-state index contributed by atoms with van der Waals surface area (Å²) in [7, 11) is 5.30. The number of rotatable bonds is 13. The number of hydrogen-bond acceptors (Lipinski definition) is 7. The number of ether oxygens (including phenoxy) is 3. The second kappa shape index (κ2) is 14.5. The first-order valence-electron chi connectivity index (χ1n) is 10.5. The molecular formula is C20H44IN3O5. The van der Waals surface area contributed by atoms with E-state index in [0.717, 1.165) is 19.5 Å². The van der Waals surface area contributed by atoms with E-state index in [1.807, 2.05) is 33.1 Å². The smallest absolute Gasteiger partial charge is 0.122 e. The van der Waals surface area contributed by atoms with Crippen LogP contribution in [-0.4, -0.2) is 105 Å². The molecule has 0 aromatic heterocycles. The molecule has 0 aromatic carbocycles. The zero-order valence-corrected chi connectivity index (χ0v) is 21.4. The van der Waals surface area contributed by atoms with Crippen molar-refractivity contribution in [2.45, 2.75) is 70.2 Å². The van der Waals surface area contributed by atoms with Crippen LogP contribution in [-0.2, 0) is 14.2 Å². The van der Waals surface area contributed by atoms with Gasteiger partial charge in [-0.25, -0.2) is 0 Å². The van der Waals surface area contributed by atoms with Gasteiger partial charge in [0, 0.05) is 39.8 Å². The van der Waals surface area contributed by atoms with Crippen molar-refractivity contribution in [1.82, 2.24) is 10.2 Å². The van der Waals surface area contributed by atoms with Gasteiger partial charge < -0.3 is 53.7 Å². The maximum absolute atomic E-state index is 10.9. The fraction of sp³-hybridized carbons (Fsp3) is 1.00. The van der Waals surface area contributed by atoms with Crippen LogP contribution in [0.1, 0.15) is 34.1 Å². The van der Waals surface area contributed by atoms with Crippen LogP contribution in [0, 0.1) is 5.92 Å². The summed E-state index contributed by atoms with van der Waals surface area (Å²) in [5.41, 5.74) is -0.481. The molecule has 1 heterocycles. The molecule has 0 radical (unpaired) electrons. The van der Waals surface area contributed by atoms with Gasteiger partial charge in [0.05, 0.1) is 38.0 Å². The number of morpholine rings is 1. The van der Waals surface area contributed by atoms with Crippen molar-refractivity contribution in [3.8, 4) is 0 Å². The molecule has 0 aliphatic carbocycles. The first-order valence-corrected chi connectivity index (χ1v) is 10.5. The summed E-state index contributed by atoms with van der Waals surface area (Å²) in [4.78, 5) is 2.25. The van der Waals surface area contributed by atoms with Crippen LogP contribution < -0.4 is 34.6 Å². The Hall–Kier alpha value is 0.410. The minimum atomic E-state index is -0.775. The highest BCUT2D eigenvalue weighted by Gasteiger charge is 2.40. The van der Waals surface area contributed by atoms with Gasteiger partial charge in [0.15, 0.2) is 0 Å². The molecule has 7 atom stereocenters. The molecular weight excluding hydrogens is 489 g/mol. The first kappa shape index (κ1) is 29.4. The van der Waals surface area contributed by atoms with Crippen molar-refractivity contribution in [2.24, 2.45) is 5.92 Å². The predicted molar refractivity (Wildman–Crippen MR) is 109 cm³/mol. The second-order valence-corrected chi connectivity index (χ2v) is 8.14. The van der Waals surface area contributed by atoms with Gasteiger partial charge in [-0.3, -0.25) is 10.2 Å². The minimum absolute atomic E-state index is 0. The largest absolute Gasteiger partial charge is 1.00 e. The number of hydrogen-bond donors (Lipinski definition) is 4. The van der Waals surface area contributed by atoms with Crippen LogP contribution in [0.4, 0.5) is 0 Å². The molecule has 0 aromatic rings. The van der Waals surface area contributed by atoms with E-state index in [1.165, 1.54) is 0 Å². The second-order valence-electron chi connectivity index (χ2n) is 8.14. The Balaban J connectivity index is 0.00000784. The molecule has 1 saturated heterocycles. The van der Waals surface area contributed by atoms with Crippen LogP contribution in [0.3, 0.4) is 0 Å². The minimum Gasteiger partial charge on any atom is -1.00 e. The summed E-state index contributed by atoms with van der Waals surface area (Å²) < 4.78 is 16.8. The molecule has 1 rings (SSSR count). The van der Waals surface area contributed by atoms with Gasteiger partial charge in [-0.05, 0) is 20.3 Å². The van der Waals surface area contributed by atoms with Crippen molar-refractivity contribution >= 4 is 0 Å². The van der Waals surface area contributed by atoms with E-state index in [2.05, 4.69) is 17.1 Å². The van der Waals surface area contributed by atoms with Crippen molar-refractivity contribution in [1.29, 1.82) is 0 Å². The molecule has 5 N–H and O–H groups in total. The van der Waals surface area contributed by atoms with Crippen LogP contribution in [0.2, 0.25) is 0 Å². The molecule has 176 valence electrons. The SMILES string of the molecule is CC[C@](C)(OC)C(OC)C(C)C(O)NC[C@@H](C(O)C(C)[NH2+]C)N1CCOCC1.[I-]. The van der Waals surface area contributed by atoms with Gasteiger partial charge in [-0.2, -0.15) is 0 Å². The summed E-state index contributed by atoms with van der Waals surface area (Å²) in [5.74, 6) is -0.187. The number of likely N-dealkylation sites (N-methyl/N-ethyl adjacent to an activating group) is 1. The number of quaternary nitrogens is 1. The average molecular weight is 533 g/mol. The van der Waals surface area contributed by atoms with Gasteiger partial charge in [-0.1, -0.05) is 13.8 Å². The summed E-state index contributed by atoms with van der Waals surface area (Å²) in [6, 6.07) is -0.0364. The van der Waals surface area contributed by atoms with Gasteiger partial charge in [0.25, 0.3) is 0 Å². The highest BCUT2D eigenvalue weighted by atomic mass is 127. The summed E-state index contributed by atoms with van der Waals surface area (Å²) in [5, 5.41) is 26.9. The maximum atomic E-state index is 10.9. The number of halogens is 1. The lowest BCUT2D eigenvalue weighted by atomic mass is 9.85. The third-order valence-corrected chi connectivity index (χ3v) is 6.51. The van der Waals surface area contributed by atoms with Gasteiger partial charge in [0.2, 0.25) is 0 Å². The lowest BCUT2D eigenvalue weighted by Crippen LogP contribution is -3.00. The number of methoxy groups -OCH3 is 2. The average Bonchev–Trinajstić information content (AvgIpc) is 2.73. The molecule has 1 fully saturated rings. The lowest BCUT2D eigenvalue weighted by Gasteiger charge is -2.41. The van der Waals surface area contributed by atoms with Crippen LogP contribution in [0.15, 0.2) is 0 Å². The third kappa shape index (κ3) is 8.12. The van der Waals surface area contributed by atoms with Crippen LogP contribution in [0.25, 0.3) is 0 Å². The van der Waals surface area contributed by atoms with Crippen molar-refractivity contribution < 1.29 is 53.7 Å². The van der Waals surface area contributed by atoms with E-state index in [9.17, 15) is 10.2 Å². The molecule has 0 spiro atoms. The number of nitrogens with one attached hydrogen (secondary N) is 1. The fourth-order valence-corrected chi connectivity index (χ4v) is 4.00. The first-order chi connectivity index (χ1) is 13.2. The predicted octanol–water partition coefficient (Wildman–Crippen LogP) is -3.99. The standard InChI is InChI=1S/C20H43N3O5.HI/c1-8-20(4,27-7)18(26-6)14(2)19(25)22-13-16(17(24)15(3)21-5)23-9-11-28-12-10-23;/h14-19,21-22,24-25H,8-13H2,1-7H3;1H/t14?,15?,16-,17?,18?,19?,20-;/m0./s1. The molecule has 1 aliphatic rings. The Kier molecular flexibility index (Phi) is 14.7. The Bertz CT molecular complexity index is 423. The molecule has 0 amide bonds. The van der Waals surface area contributed by atoms with E-state index >= 15 is 0 Å². The quantitative estimate of drug-likeness (QED) is 0.142. The number of nitrogens with zero attached hydrogens (tertiary/aromatic N) is 1. The Morgan fingerprint density at radius 3 is 2.24 bits per heavy atom. The normalized spacial score (nSPS) is 23.9. The molecule has 29 heavy (non-hydrogen) atoms. The zero-order valence-electron chi connectivity index (χ0n) is 19.2. The van der Waals surface area contributed by atoms with E-state index < -0.39 is 17.9 Å². The highest BCUT2D eigenvalue weighted by Crippen LogP contribution is 2.28. The summed E-state index contributed by atoms with van der Waals surface area (Å²) in [6.45, 7) is 11.4. The molecule has 1 aliphatic heterocycles. The van der Waals surface area contributed by atoms with Crippen molar-refractivity contribution in [3.05, 3.63) is 0 Å². The monoisotopic (exact) mass is 533 g/mol. The molecule has 8 nitrogen and oxygen atoms in total. The number of nitrogens with two attached hydrogens (primary N) is 1. The van der Waals surface area contributed by atoms with Crippen molar-refractivity contribution in [3.63, 3.8) is 0 Å². The Morgan fingerprint density at radius 2 is 1.79 bits per heavy atom.